The van der Waals surface area contributed by atoms with Crippen molar-refractivity contribution < 1.29 is 43.3 Å². The predicted octanol–water partition coefficient (Wildman–Crippen LogP) is 4.49. The summed E-state index contributed by atoms with van der Waals surface area (Å²) in [6.45, 7) is 3.90. The second kappa shape index (κ2) is 12.1. The van der Waals surface area contributed by atoms with E-state index in [1.165, 1.54) is 0 Å². The lowest BCUT2D eigenvalue weighted by Gasteiger charge is -2.49. The molecule has 1 aliphatic heterocycles. The van der Waals surface area contributed by atoms with Crippen molar-refractivity contribution in [2.45, 2.75) is 69.7 Å². The normalized spacial score (nSPS) is 27.9. The van der Waals surface area contributed by atoms with E-state index in [1.54, 1.807) is 26.1 Å². The molecule has 1 aromatic heterocycles. The Kier molecular flexibility index (Phi) is 8.61. The monoisotopic (exact) mass is 691 g/mol. The van der Waals surface area contributed by atoms with Gasteiger partial charge in [-0.25, -0.2) is 4.39 Å². The number of ether oxygens (including phenoxy) is 2. The number of aliphatic hydroxyl groups is 2. The van der Waals surface area contributed by atoms with Crippen LogP contribution in [0.25, 0.3) is 0 Å². The highest BCUT2D eigenvalue weighted by Crippen LogP contribution is 2.57. The molecule has 1 fully saturated rings. The number of aromatic nitrogens is 1. The number of Topliss-reactive ketones (excluding diaryl/α,β-unsaturated/α-hetero) is 2. The highest BCUT2D eigenvalue weighted by atomic mass is 79.9. The zero-order valence-electron chi connectivity index (χ0n) is 25.9. The van der Waals surface area contributed by atoms with Crippen molar-refractivity contribution >= 4 is 27.5 Å². The highest BCUT2D eigenvalue weighted by molar-refractivity contribution is 9.10. The van der Waals surface area contributed by atoms with Gasteiger partial charge in [0.15, 0.2) is 17.1 Å². The number of carbonyl (C=O) groups is 2. The number of rotatable bonds is 9. The minimum atomic E-state index is -2.53. The van der Waals surface area contributed by atoms with Crippen LogP contribution in [0.5, 0.6) is 11.6 Å². The minimum Gasteiger partial charge on any atom is -0.508 e. The molecule has 2 heterocycles. The van der Waals surface area contributed by atoms with Gasteiger partial charge in [-0.05, 0) is 79.7 Å². The van der Waals surface area contributed by atoms with Crippen LogP contribution in [0.4, 0.5) is 4.39 Å². The molecule has 0 radical (unpaired) electrons. The molecule has 3 N–H and O–H groups in total. The van der Waals surface area contributed by atoms with Gasteiger partial charge in [0, 0.05) is 42.3 Å². The first-order valence-electron chi connectivity index (χ1n) is 15.5. The van der Waals surface area contributed by atoms with Crippen LogP contribution in [-0.4, -0.2) is 94.4 Å². The number of carbonyl (C=O) groups excluding carboxylic acids is 2. The summed E-state index contributed by atoms with van der Waals surface area (Å²) in [6.07, 6.45) is 3.55. The number of halogens is 2. The van der Waals surface area contributed by atoms with Crippen LogP contribution in [0, 0.1) is 17.7 Å². The maximum absolute atomic E-state index is 16.7. The second-order valence-electron chi connectivity index (χ2n) is 12.8. The average molecular weight is 693 g/mol. The molecule has 5 atom stereocenters. The van der Waals surface area contributed by atoms with E-state index in [4.69, 9.17) is 14.0 Å². The number of hydrogen-bond donors (Lipinski definition) is 3. The summed E-state index contributed by atoms with van der Waals surface area (Å²) in [5, 5.41) is 37.6. The fourth-order valence-electron chi connectivity index (χ4n) is 7.82. The number of allylic oxidation sites excluding steroid dienone is 1. The molecule has 3 aliphatic carbocycles. The number of fused-ring (bicyclic) bond motifs is 4. The summed E-state index contributed by atoms with van der Waals surface area (Å²) in [5.74, 6) is -5.12. The third-order valence-corrected chi connectivity index (χ3v) is 10.8. The van der Waals surface area contributed by atoms with E-state index >= 15 is 4.39 Å². The van der Waals surface area contributed by atoms with E-state index in [0.29, 0.717) is 29.6 Å². The van der Waals surface area contributed by atoms with Gasteiger partial charge >= 0.3 is 0 Å². The Morgan fingerprint density at radius 1 is 1.24 bits per heavy atom. The van der Waals surface area contributed by atoms with Crippen LogP contribution in [0.15, 0.2) is 20.3 Å². The molecule has 0 spiro atoms. The Morgan fingerprint density at radius 3 is 2.69 bits per heavy atom. The van der Waals surface area contributed by atoms with Gasteiger partial charge in [0.25, 0.3) is 5.88 Å². The van der Waals surface area contributed by atoms with Crippen molar-refractivity contribution in [2.75, 3.05) is 41.0 Å². The van der Waals surface area contributed by atoms with Crippen LogP contribution in [0.1, 0.15) is 82.7 Å². The Labute approximate surface area is 269 Å². The molecule has 0 unspecified atom stereocenters. The maximum atomic E-state index is 16.7. The van der Waals surface area contributed by atoms with Crippen molar-refractivity contribution in [3.8, 4) is 11.6 Å². The number of nitrogens with zero attached hydrogens (tertiary/aromatic N) is 3. The van der Waals surface area contributed by atoms with Gasteiger partial charge in [-0.15, -0.1) is 0 Å². The first-order chi connectivity index (χ1) is 21.5. The van der Waals surface area contributed by atoms with Gasteiger partial charge in [-0.2, -0.15) is 0 Å². The number of hydrogen-bond acceptors (Lipinski definition) is 11. The molecule has 0 amide bonds. The van der Waals surface area contributed by atoms with Crippen LogP contribution >= 0.6 is 15.9 Å². The number of methoxy groups -OCH3 is 1. The van der Waals surface area contributed by atoms with E-state index in [2.05, 4.69) is 26.0 Å². The van der Waals surface area contributed by atoms with Gasteiger partial charge in [0.05, 0.1) is 29.3 Å². The Hall–Kier alpha value is -2.84. The lowest BCUT2D eigenvalue weighted by Crippen LogP contribution is -2.59. The smallest absolute Gasteiger partial charge is 0.263 e. The van der Waals surface area contributed by atoms with Crippen LogP contribution in [0.2, 0.25) is 0 Å². The summed E-state index contributed by atoms with van der Waals surface area (Å²) >= 11 is 3.57. The molecule has 0 saturated carbocycles. The summed E-state index contributed by atoms with van der Waals surface area (Å²) in [4.78, 5) is 32.0. The van der Waals surface area contributed by atoms with E-state index in [0.717, 1.165) is 25.8 Å². The fourth-order valence-corrected chi connectivity index (χ4v) is 8.44. The number of benzene rings is 1. The molecule has 13 heteroatoms. The standard InChI is InChI=1S/C32H39BrFN3O8/c1-5-6-10-44-27-21-17(24(34)18(23(27)33)13-37-9-7-8-16(37)14-43-4)11-15-12-19-25(36(2)3)28-22(31(41)35-45-28)30(40)32(19,42)29(39)20(15)26(21)38/h15-16,19,25,39,42H,5-14H2,1-4H3,(H,35,41)/t15-,16-,19-,25-,32-/m0/s1. The molecule has 244 valence electrons. The molecule has 0 bridgehead atoms. The number of likely N-dealkylation sites (tertiary alicyclic amines) is 1. The summed E-state index contributed by atoms with van der Waals surface area (Å²) in [6, 6.07) is -0.638. The van der Waals surface area contributed by atoms with Gasteiger partial charge in [-0.3, -0.25) is 19.4 Å². The van der Waals surface area contributed by atoms with E-state index in [-0.39, 0.29) is 59.3 Å². The van der Waals surface area contributed by atoms with Crippen molar-refractivity contribution in [2.24, 2.45) is 11.8 Å². The predicted molar refractivity (Wildman–Crippen MR) is 163 cm³/mol. The molecular weight excluding hydrogens is 653 g/mol. The molecular formula is C32H39BrFN3O8. The SMILES string of the molecule is CCCCOc1c(Br)c(CN2CCC[C@H]2COC)c(F)c2c1C(=O)C1=C(O)[C@]3(O)C(=O)c4c(O)noc4[C@@H](N(C)C)[C@@H]3C[C@@H]1C2. The van der Waals surface area contributed by atoms with Crippen molar-refractivity contribution in [1.82, 2.24) is 15.0 Å². The lowest BCUT2D eigenvalue weighted by atomic mass is 9.58. The average Bonchev–Trinajstić information content (AvgIpc) is 3.60. The van der Waals surface area contributed by atoms with Gasteiger partial charge in [0.2, 0.25) is 5.78 Å². The summed E-state index contributed by atoms with van der Waals surface area (Å²) in [7, 11) is 5.07. The number of unbranched alkanes of at least 4 members (excludes halogenated alkanes) is 1. The summed E-state index contributed by atoms with van der Waals surface area (Å²) in [5.41, 5.74) is -2.45. The van der Waals surface area contributed by atoms with Crippen molar-refractivity contribution in [1.29, 1.82) is 0 Å². The lowest BCUT2D eigenvalue weighted by molar-refractivity contribution is -0.0559. The fraction of sp³-hybridized carbons (Fsp3) is 0.594. The topological polar surface area (TPSA) is 146 Å². The van der Waals surface area contributed by atoms with Crippen LogP contribution in [-0.2, 0) is 17.7 Å². The second-order valence-corrected chi connectivity index (χ2v) is 13.6. The highest BCUT2D eigenvalue weighted by Gasteiger charge is 2.64. The number of aromatic hydroxyl groups is 1. The van der Waals surface area contributed by atoms with E-state index < -0.39 is 52.5 Å². The van der Waals surface area contributed by atoms with E-state index in [1.807, 2.05) is 6.92 Å². The van der Waals surface area contributed by atoms with Crippen molar-refractivity contribution in [3.05, 3.63) is 49.6 Å². The zero-order chi connectivity index (χ0) is 32.4. The van der Waals surface area contributed by atoms with Gasteiger partial charge in [0.1, 0.15) is 22.9 Å². The van der Waals surface area contributed by atoms with Gasteiger partial charge < -0.3 is 29.3 Å². The first kappa shape index (κ1) is 32.1. The number of ketones is 2. The Balaban J connectivity index is 1.49. The third kappa shape index (κ3) is 4.84. The van der Waals surface area contributed by atoms with Crippen LogP contribution in [0.3, 0.4) is 0 Å². The van der Waals surface area contributed by atoms with Crippen molar-refractivity contribution in [3.63, 3.8) is 0 Å². The van der Waals surface area contributed by atoms with E-state index in [9.17, 15) is 24.9 Å². The zero-order valence-corrected chi connectivity index (χ0v) is 27.4. The molecule has 11 nitrogen and oxygen atoms in total. The molecule has 4 aliphatic rings. The third-order valence-electron chi connectivity index (χ3n) is 9.99. The molecule has 1 saturated heterocycles. The molecule has 1 aromatic carbocycles. The maximum Gasteiger partial charge on any atom is 0.263 e. The number of aliphatic hydroxyl groups excluding tert-OH is 1. The first-order valence-corrected chi connectivity index (χ1v) is 16.2. The Morgan fingerprint density at radius 2 is 2.00 bits per heavy atom. The minimum absolute atomic E-state index is 0.0186. The summed E-state index contributed by atoms with van der Waals surface area (Å²) < 4.78 is 34.0. The largest absolute Gasteiger partial charge is 0.508 e. The molecule has 6 rings (SSSR count). The molecule has 45 heavy (non-hydrogen) atoms. The quantitative estimate of drug-likeness (QED) is 0.320. The Bertz CT molecular complexity index is 1570. The van der Waals surface area contributed by atoms with Gasteiger partial charge in [-0.1, -0.05) is 13.3 Å². The van der Waals surface area contributed by atoms with Crippen LogP contribution < -0.4 is 4.74 Å². The molecule has 2 aromatic rings.